The van der Waals surface area contributed by atoms with Crippen molar-refractivity contribution < 1.29 is 4.74 Å². The Hall–Kier alpha value is -2.08. The Bertz CT molecular complexity index is 598. The predicted molar refractivity (Wildman–Crippen MR) is 91.7 cm³/mol. The number of hydrogen-bond donors (Lipinski definition) is 2. The Balaban J connectivity index is 1.85. The number of rotatable bonds is 6. The van der Waals surface area contributed by atoms with Crippen LogP contribution in [0.5, 0.6) is 5.88 Å². The number of pyridine rings is 1. The third kappa shape index (κ3) is 4.46. The molecule has 2 N–H and O–H groups in total. The lowest BCUT2D eigenvalue weighted by atomic mass is 10.1. The standard InChI is InChI=1S/C16H22N4OS/c1-12(14-7-5-9-22-14)10-19-16(17-2)20-11-13-6-4-8-18-15(13)21-3/h4-9,12H,10-11H2,1-3H3,(H2,17,19,20). The summed E-state index contributed by atoms with van der Waals surface area (Å²) < 4.78 is 5.25. The molecule has 0 amide bonds. The van der Waals surface area contributed by atoms with Crippen LogP contribution in [0, 0.1) is 0 Å². The van der Waals surface area contributed by atoms with Gasteiger partial charge in [0.1, 0.15) is 0 Å². The van der Waals surface area contributed by atoms with Gasteiger partial charge in [-0.1, -0.05) is 19.1 Å². The molecule has 118 valence electrons. The van der Waals surface area contributed by atoms with E-state index in [0.717, 1.165) is 18.1 Å². The zero-order valence-electron chi connectivity index (χ0n) is 13.2. The van der Waals surface area contributed by atoms with Crippen LogP contribution >= 0.6 is 11.3 Å². The van der Waals surface area contributed by atoms with Crippen LogP contribution in [-0.2, 0) is 6.54 Å². The van der Waals surface area contributed by atoms with E-state index >= 15 is 0 Å². The van der Waals surface area contributed by atoms with E-state index in [1.54, 1.807) is 31.7 Å². The summed E-state index contributed by atoms with van der Waals surface area (Å²) in [6.45, 7) is 3.66. The highest BCUT2D eigenvalue weighted by molar-refractivity contribution is 7.10. The van der Waals surface area contributed by atoms with E-state index in [1.807, 2.05) is 12.1 Å². The Morgan fingerprint density at radius 2 is 2.23 bits per heavy atom. The normalized spacial score (nSPS) is 12.8. The van der Waals surface area contributed by atoms with E-state index < -0.39 is 0 Å². The molecule has 0 saturated carbocycles. The molecular formula is C16H22N4OS. The van der Waals surface area contributed by atoms with Gasteiger partial charge in [-0.25, -0.2) is 4.98 Å². The van der Waals surface area contributed by atoms with Crippen molar-refractivity contribution in [3.63, 3.8) is 0 Å². The van der Waals surface area contributed by atoms with Gasteiger partial charge in [-0.05, 0) is 17.5 Å². The number of hydrogen-bond acceptors (Lipinski definition) is 4. The minimum Gasteiger partial charge on any atom is -0.481 e. The zero-order valence-corrected chi connectivity index (χ0v) is 14.0. The molecule has 0 aliphatic carbocycles. The van der Waals surface area contributed by atoms with E-state index in [1.165, 1.54) is 4.88 Å². The quantitative estimate of drug-likeness (QED) is 0.635. The molecule has 2 rings (SSSR count). The van der Waals surface area contributed by atoms with Gasteiger partial charge in [0.2, 0.25) is 5.88 Å². The molecule has 1 atom stereocenters. The van der Waals surface area contributed by atoms with Crippen molar-refractivity contribution >= 4 is 17.3 Å². The third-order valence-corrected chi connectivity index (χ3v) is 4.42. The minimum atomic E-state index is 0.450. The number of ether oxygens (including phenoxy) is 1. The first-order valence-corrected chi connectivity index (χ1v) is 8.08. The molecule has 0 aliphatic heterocycles. The third-order valence-electron chi connectivity index (χ3n) is 3.32. The molecule has 2 aromatic rings. The van der Waals surface area contributed by atoms with Crippen molar-refractivity contribution in [1.29, 1.82) is 0 Å². The molecular weight excluding hydrogens is 296 g/mol. The van der Waals surface area contributed by atoms with Crippen molar-refractivity contribution in [2.24, 2.45) is 4.99 Å². The highest BCUT2D eigenvalue weighted by atomic mass is 32.1. The summed E-state index contributed by atoms with van der Waals surface area (Å²) in [5.74, 6) is 1.86. The number of nitrogens with zero attached hydrogens (tertiary/aromatic N) is 2. The zero-order chi connectivity index (χ0) is 15.8. The maximum Gasteiger partial charge on any atom is 0.218 e. The van der Waals surface area contributed by atoms with Gasteiger partial charge in [0.05, 0.1) is 7.11 Å². The fourth-order valence-electron chi connectivity index (χ4n) is 2.06. The van der Waals surface area contributed by atoms with Crippen LogP contribution in [0.2, 0.25) is 0 Å². The van der Waals surface area contributed by atoms with Gasteiger partial charge < -0.3 is 15.4 Å². The van der Waals surface area contributed by atoms with Gasteiger partial charge in [0.15, 0.2) is 5.96 Å². The summed E-state index contributed by atoms with van der Waals surface area (Å²) in [6, 6.07) is 8.13. The molecule has 22 heavy (non-hydrogen) atoms. The Morgan fingerprint density at radius 1 is 1.36 bits per heavy atom. The Morgan fingerprint density at radius 3 is 2.91 bits per heavy atom. The lowest BCUT2D eigenvalue weighted by molar-refractivity contribution is 0.392. The summed E-state index contributed by atoms with van der Waals surface area (Å²) in [7, 11) is 3.40. The number of guanidine groups is 1. The largest absolute Gasteiger partial charge is 0.481 e. The Kier molecular flexibility index (Phi) is 6.21. The van der Waals surface area contributed by atoms with Gasteiger partial charge in [-0.3, -0.25) is 4.99 Å². The van der Waals surface area contributed by atoms with Gasteiger partial charge >= 0.3 is 0 Å². The van der Waals surface area contributed by atoms with Crippen LogP contribution in [0.4, 0.5) is 0 Å². The molecule has 0 fully saturated rings. The number of methoxy groups -OCH3 is 1. The van der Waals surface area contributed by atoms with Crippen LogP contribution in [0.15, 0.2) is 40.8 Å². The Labute approximate surface area is 135 Å². The molecule has 0 spiro atoms. The second-order valence-electron chi connectivity index (χ2n) is 4.89. The molecule has 2 aromatic heterocycles. The van der Waals surface area contributed by atoms with E-state index in [0.29, 0.717) is 18.3 Å². The topological polar surface area (TPSA) is 58.5 Å². The molecule has 0 radical (unpaired) electrons. The van der Waals surface area contributed by atoms with Gasteiger partial charge in [-0.15, -0.1) is 11.3 Å². The summed E-state index contributed by atoms with van der Waals surface area (Å²) in [5, 5.41) is 8.74. The molecule has 0 saturated heterocycles. The molecule has 6 heteroatoms. The maximum atomic E-state index is 5.25. The lowest BCUT2D eigenvalue weighted by Crippen LogP contribution is -2.38. The van der Waals surface area contributed by atoms with Crippen LogP contribution in [-0.4, -0.2) is 31.6 Å². The van der Waals surface area contributed by atoms with E-state index in [2.05, 4.69) is 45.0 Å². The van der Waals surface area contributed by atoms with Gasteiger partial charge in [-0.2, -0.15) is 0 Å². The van der Waals surface area contributed by atoms with Crippen molar-refractivity contribution in [2.75, 3.05) is 20.7 Å². The number of nitrogens with one attached hydrogen (secondary N) is 2. The SMILES string of the molecule is CN=C(NCc1cccnc1OC)NCC(C)c1cccs1. The second-order valence-corrected chi connectivity index (χ2v) is 5.87. The van der Waals surface area contributed by atoms with Crippen molar-refractivity contribution in [2.45, 2.75) is 19.4 Å². The fourth-order valence-corrected chi connectivity index (χ4v) is 2.85. The first-order chi connectivity index (χ1) is 10.7. The first-order valence-electron chi connectivity index (χ1n) is 7.20. The summed E-state index contributed by atoms with van der Waals surface area (Å²) >= 11 is 1.78. The van der Waals surface area contributed by atoms with Crippen molar-refractivity contribution in [3.8, 4) is 5.88 Å². The second kappa shape index (κ2) is 8.38. The smallest absolute Gasteiger partial charge is 0.218 e. The summed E-state index contributed by atoms with van der Waals surface area (Å²) in [6.07, 6.45) is 1.72. The molecule has 0 bridgehead atoms. The predicted octanol–water partition coefficient (Wildman–Crippen LogP) is 2.62. The average Bonchev–Trinajstić information content (AvgIpc) is 3.09. The summed E-state index contributed by atoms with van der Waals surface area (Å²) in [5.41, 5.74) is 0.999. The lowest BCUT2D eigenvalue weighted by Gasteiger charge is -2.15. The van der Waals surface area contributed by atoms with E-state index in [9.17, 15) is 0 Å². The number of aliphatic imine (C=N–C) groups is 1. The van der Waals surface area contributed by atoms with Crippen LogP contribution in [0.1, 0.15) is 23.3 Å². The monoisotopic (exact) mass is 318 g/mol. The highest BCUT2D eigenvalue weighted by Crippen LogP contribution is 2.19. The van der Waals surface area contributed by atoms with Crippen LogP contribution in [0.25, 0.3) is 0 Å². The molecule has 1 unspecified atom stereocenters. The molecule has 0 aliphatic rings. The van der Waals surface area contributed by atoms with Gasteiger partial charge in [0, 0.05) is 42.7 Å². The highest BCUT2D eigenvalue weighted by Gasteiger charge is 2.08. The summed E-state index contributed by atoms with van der Waals surface area (Å²) in [4.78, 5) is 9.81. The van der Waals surface area contributed by atoms with E-state index in [4.69, 9.17) is 4.74 Å². The number of aromatic nitrogens is 1. The number of thiophene rings is 1. The fraction of sp³-hybridized carbons (Fsp3) is 0.375. The molecule has 2 heterocycles. The van der Waals surface area contributed by atoms with Gasteiger partial charge in [0.25, 0.3) is 0 Å². The van der Waals surface area contributed by atoms with Crippen molar-refractivity contribution in [3.05, 3.63) is 46.3 Å². The first kappa shape index (κ1) is 16.3. The van der Waals surface area contributed by atoms with Crippen LogP contribution in [0.3, 0.4) is 0 Å². The minimum absolute atomic E-state index is 0.450. The average molecular weight is 318 g/mol. The molecule has 5 nitrogen and oxygen atoms in total. The molecule has 0 aromatic carbocycles. The van der Waals surface area contributed by atoms with Crippen molar-refractivity contribution in [1.82, 2.24) is 15.6 Å². The van der Waals surface area contributed by atoms with Crippen LogP contribution < -0.4 is 15.4 Å². The van der Waals surface area contributed by atoms with E-state index in [-0.39, 0.29) is 0 Å². The maximum absolute atomic E-state index is 5.25.